The van der Waals surface area contributed by atoms with Crippen LogP contribution in [0.2, 0.25) is 5.02 Å². The first-order valence-electron chi connectivity index (χ1n) is 6.21. The van der Waals surface area contributed by atoms with Crippen LogP contribution in [0, 0.1) is 0 Å². The molecule has 0 radical (unpaired) electrons. The summed E-state index contributed by atoms with van der Waals surface area (Å²) in [4.78, 5) is 4.10. The minimum absolute atomic E-state index is 0.573. The lowest BCUT2D eigenvalue weighted by atomic mass is 10.1. The van der Waals surface area contributed by atoms with Crippen molar-refractivity contribution in [2.75, 3.05) is 0 Å². The van der Waals surface area contributed by atoms with E-state index in [0.29, 0.717) is 12.0 Å². The van der Waals surface area contributed by atoms with Crippen molar-refractivity contribution < 1.29 is 0 Å². The molecule has 1 fully saturated rings. The van der Waals surface area contributed by atoms with E-state index < -0.39 is 0 Å². The summed E-state index contributed by atoms with van der Waals surface area (Å²) >= 11 is 6.10. The molecule has 1 aliphatic rings. The second kappa shape index (κ2) is 5.09. The Kier molecular flexibility index (Phi) is 3.31. The predicted molar refractivity (Wildman–Crippen MR) is 73.7 cm³/mol. The molecular formula is C15H15ClN2. The summed E-state index contributed by atoms with van der Waals surface area (Å²) in [6, 6.07) is 13.1. The van der Waals surface area contributed by atoms with Crippen LogP contribution in [0.1, 0.15) is 23.5 Å². The zero-order chi connectivity index (χ0) is 12.4. The van der Waals surface area contributed by atoms with Crippen LogP contribution >= 0.6 is 11.6 Å². The normalized spacial score (nSPS) is 21.8. The number of pyridine rings is 1. The molecule has 2 nitrogen and oxygen atoms in total. The second-order valence-corrected chi connectivity index (χ2v) is 5.11. The molecule has 1 aromatic heterocycles. The van der Waals surface area contributed by atoms with Crippen LogP contribution in [0.25, 0.3) is 0 Å². The van der Waals surface area contributed by atoms with Gasteiger partial charge in [-0.15, -0.1) is 0 Å². The van der Waals surface area contributed by atoms with Crippen molar-refractivity contribution >= 4 is 11.6 Å². The van der Waals surface area contributed by atoms with Crippen LogP contribution < -0.4 is 5.32 Å². The largest absolute Gasteiger partial charge is 0.309 e. The average molecular weight is 259 g/mol. The number of benzene rings is 1. The minimum atomic E-state index is 0.573. The fourth-order valence-electron chi connectivity index (χ4n) is 2.27. The number of rotatable bonds is 4. The number of hydrogen-bond acceptors (Lipinski definition) is 2. The minimum Gasteiger partial charge on any atom is -0.309 e. The Morgan fingerprint density at radius 3 is 2.83 bits per heavy atom. The van der Waals surface area contributed by atoms with E-state index in [2.05, 4.69) is 40.6 Å². The smallest absolute Gasteiger partial charge is 0.0481 e. The van der Waals surface area contributed by atoms with Gasteiger partial charge in [0, 0.05) is 41.5 Å². The highest BCUT2D eigenvalue weighted by molar-refractivity contribution is 6.31. The second-order valence-electron chi connectivity index (χ2n) is 4.71. The summed E-state index contributed by atoms with van der Waals surface area (Å²) in [5.41, 5.74) is 2.49. The summed E-state index contributed by atoms with van der Waals surface area (Å²) in [6.07, 6.45) is 4.76. The SMILES string of the molecule is Clc1ccncc1CNC1CC1c1ccccc1. The average Bonchev–Trinajstić information content (AvgIpc) is 3.18. The number of nitrogens with one attached hydrogen (secondary N) is 1. The van der Waals surface area contributed by atoms with E-state index in [9.17, 15) is 0 Å². The highest BCUT2D eigenvalue weighted by Gasteiger charge is 2.37. The summed E-state index contributed by atoms with van der Waals surface area (Å²) in [6.45, 7) is 0.792. The molecule has 1 aromatic carbocycles. The topological polar surface area (TPSA) is 24.9 Å². The van der Waals surface area contributed by atoms with Gasteiger partial charge in [-0.1, -0.05) is 41.9 Å². The molecule has 0 aliphatic heterocycles. The van der Waals surface area contributed by atoms with Gasteiger partial charge in [0.15, 0.2) is 0 Å². The zero-order valence-electron chi connectivity index (χ0n) is 10.0. The summed E-state index contributed by atoms with van der Waals surface area (Å²) in [7, 11) is 0. The summed E-state index contributed by atoms with van der Waals surface area (Å²) < 4.78 is 0. The maximum atomic E-state index is 6.10. The van der Waals surface area contributed by atoms with Gasteiger partial charge in [0.2, 0.25) is 0 Å². The third-order valence-corrected chi connectivity index (χ3v) is 3.79. The standard InChI is InChI=1S/C15H15ClN2/c16-14-6-7-17-9-12(14)10-18-15-8-13(15)11-4-2-1-3-5-11/h1-7,9,13,15,18H,8,10H2. The lowest BCUT2D eigenvalue weighted by molar-refractivity contribution is 0.671. The third-order valence-electron chi connectivity index (χ3n) is 3.42. The van der Waals surface area contributed by atoms with E-state index in [0.717, 1.165) is 17.1 Å². The number of hydrogen-bond donors (Lipinski definition) is 1. The fourth-order valence-corrected chi connectivity index (χ4v) is 2.44. The van der Waals surface area contributed by atoms with E-state index >= 15 is 0 Å². The molecule has 2 aromatic rings. The van der Waals surface area contributed by atoms with Crippen molar-refractivity contribution in [3.05, 3.63) is 64.9 Å². The molecule has 0 spiro atoms. The first kappa shape index (κ1) is 11.7. The molecule has 1 heterocycles. The van der Waals surface area contributed by atoms with Crippen molar-refractivity contribution in [3.63, 3.8) is 0 Å². The van der Waals surface area contributed by atoms with E-state index in [1.54, 1.807) is 6.20 Å². The molecular weight excluding hydrogens is 244 g/mol. The Hall–Kier alpha value is -1.38. The Labute approximate surface area is 112 Å². The Morgan fingerprint density at radius 1 is 1.22 bits per heavy atom. The van der Waals surface area contributed by atoms with Gasteiger partial charge in [0.1, 0.15) is 0 Å². The van der Waals surface area contributed by atoms with Crippen LogP contribution in [0.5, 0.6) is 0 Å². The molecule has 18 heavy (non-hydrogen) atoms. The van der Waals surface area contributed by atoms with E-state index in [4.69, 9.17) is 11.6 Å². The van der Waals surface area contributed by atoms with Gasteiger partial charge in [0.25, 0.3) is 0 Å². The van der Waals surface area contributed by atoms with Crippen LogP contribution in [0.3, 0.4) is 0 Å². The lowest BCUT2D eigenvalue weighted by Crippen LogP contribution is -2.17. The quantitative estimate of drug-likeness (QED) is 0.909. The van der Waals surface area contributed by atoms with Crippen LogP contribution in [0.4, 0.5) is 0 Å². The lowest BCUT2D eigenvalue weighted by Gasteiger charge is -2.05. The predicted octanol–water partition coefficient (Wildman–Crippen LogP) is 3.38. The number of halogens is 1. The van der Waals surface area contributed by atoms with E-state index in [1.165, 1.54) is 12.0 Å². The first-order chi connectivity index (χ1) is 8.84. The molecule has 92 valence electrons. The molecule has 2 atom stereocenters. The van der Waals surface area contributed by atoms with Crippen LogP contribution in [-0.2, 0) is 6.54 Å². The molecule has 0 amide bonds. The zero-order valence-corrected chi connectivity index (χ0v) is 10.8. The maximum Gasteiger partial charge on any atom is 0.0481 e. The molecule has 3 heteroatoms. The highest BCUT2D eigenvalue weighted by Crippen LogP contribution is 2.40. The molecule has 2 unspecified atom stereocenters. The Morgan fingerprint density at radius 2 is 2.06 bits per heavy atom. The van der Waals surface area contributed by atoms with Gasteiger partial charge < -0.3 is 5.32 Å². The number of aromatic nitrogens is 1. The molecule has 1 saturated carbocycles. The van der Waals surface area contributed by atoms with E-state index in [-0.39, 0.29) is 0 Å². The monoisotopic (exact) mass is 258 g/mol. The van der Waals surface area contributed by atoms with Gasteiger partial charge in [-0.05, 0) is 18.1 Å². The summed E-state index contributed by atoms with van der Waals surface area (Å²) in [5.74, 6) is 0.654. The molecule has 1 aliphatic carbocycles. The van der Waals surface area contributed by atoms with Crippen molar-refractivity contribution in [1.29, 1.82) is 0 Å². The number of nitrogens with zero attached hydrogens (tertiary/aromatic N) is 1. The van der Waals surface area contributed by atoms with Gasteiger partial charge in [-0.2, -0.15) is 0 Å². The Bertz CT molecular complexity index is 527. The molecule has 0 saturated heterocycles. The molecule has 1 N–H and O–H groups in total. The maximum absolute atomic E-state index is 6.10. The highest BCUT2D eigenvalue weighted by atomic mass is 35.5. The van der Waals surface area contributed by atoms with Crippen LogP contribution in [-0.4, -0.2) is 11.0 Å². The van der Waals surface area contributed by atoms with E-state index in [1.807, 2.05) is 12.3 Å². The van der Waals surface area contributed by atoms with Crippen molar-refractivity contribution in [1.82, 2.24) is 10.3 Å². The molecule has 0 bridgehead atoms. The van der Waals surface area contributed by atoms with Gasteiger partial charge >= 0.3 is 0 Å². The van der Waals surface area contributed by atoms with Crippen molar-refractivity contribution in [3.8, 4) is 0 Å². The van der Waals surface area contributed by atoms with Crippen LogP contribution in [0.15, 0.2) is 48.8 Å². The molecule has 3 rings (SSSR count). The Balaban J connectivity index is 1.56. The van der Waals surface area contributed by atoms with Gasteiger partial charge in [-0.25, -0.2) is 0 Å². The summed E-state index contributed by atoms with van der Waals surface area (Å²) in [5, 5.41) is 4.32. The van der Waals surface area contributed by atoms with Crippen molar-refractivity contribution in [2.45, 2.75) is 24.9 Å². The third kappa shape index (κ3) is 2.55. The van der Waals surface area contributed by atoms with Gasteiger partial charge in [0.05, 0.1) is 0 Å². The van der Waals surface area contributed by atoms with Crippen molar-refractivity contribution in [2.24, 2.45) is 0 Å². The van der Waals surface area contributed by atoms with Gasteiger partial charge in [-0.3, -0.25) is 4.98 Å². The first-order valence-corrected chi connectivity index (χ1v) is 6.59. The fraction of sp³-hybridized carbons (Fsp3) is 0.267.